The van der Waals surface area contributed by atoms with Gasteiger partial charge >= 0.3 is 0 Å². The zero-order valence-corrected chi connectivity index (χ0v) is 13.8. The first kappa shape index (κ1) is 16.5. The zero-order valence-electron chi connectivity index (χ0n) is 13.8. The molecule has 6 heteroatoms. The zero-order chi connectivity index (χ0) is 16.9. The number of nitrogens with two attached hydrogens (primary N) is 1. The molecule has 1 aromatic carbocycles. The van der Waals surface area contributed by atoms with Crippen LogP contribution in [0.3, 0.4) is 0 Å². The second-order valence-electron chi connectivity index (χ2n) is 6.66. The van der Waals surface area contributed by atoms with E-state index in [4.69, 9.17) is 5.73 Å². The minimum absolute atomic E-state index is 0.0328. The third kappa shape index (κ3) is 3.93. The number of carbonyl (C=O) groups excluding carboxylic acids is 2. The molecule has 0 bridgehead atoms. The Labute approximate surface area is 141 Å². The predicted molar refractivity (Wildman–Crippen MR) is 92.4 cm³/mol. The molecular formula is C18H24N4O2. The van der Waals surface area contributed by atoms with Crippen molar-refractivity contribution in [2.75, 3.05) is 13.1 Å². The molecule has 1 saturated carbocycles. The van der Waals surface area contributed by atoms with Gasteiger partial charge in [-0.1, -0.05) is 32.1 Å². The topological polar surface area (TPSA) is 92.1 Å². The van der Waals surface area contributed by atoms with Gasteiger partial charge in [-0.2, -0.15) is 5.10 Å². The Balaban J connectivity index is 1.71. The SMILES string of the molecule is NC(=O)CN(CCC1CCCCC1)C(=O)c1ccc2[nH]ncc2c1. The maximum atomic E-state index is 12.8. The van der Waals surface area contributed by atoms with E-state index in [2.05, 4.69) is 10.2 Å². The number of hydrogen-bond donors (Lipinski definition) is 2. The van der Waals surface area contributed by atoms with E-state index in [1.165, 1.54) is 32.1 Å². The molecule has 1 aliphatic rings. The van der Waals surface area contributed by atoms with Crippen molar-refractivity contribution in [1.82, 2.24) is 15.1 Å². The third-order valence-corrected chi connectivity index (χ3v) is 4.85. The van der Waals surface area contributed by atoms with Crippen LogP contribution in [0.15, 0.2) is 24.4 Å². The lowest BCUT2D eigenvalue weighted by atomic mass is 9.87. The van der Waals surface area contributed by atoms with Crippen LogP contribution < -0.4 is 5.73 Å². The van der Waals surface area contributed by atoms with Crippen LogP contribution >= 0.6 is 0 Å². The van der Waals surface area contributed by atoms with Crippen molar-refractivity contribution < 1.29 is 9.59 Å². The highest BCUT2D eigenvalue weighted by molar-refractivity contribution is 5.99. The molecule has 0 saturated heterocycles. The van der Waals surface area contributed by atoms with E-state index >= 15 is 0 Å². The molecule has 0 aliphatic heterocycles. The maximum absolute atomic E-state index is 12.8. The largest absolute Gasteiger partial charge is 0.368 e. The van der Waals surface area contributed by atoms with Crippen molar-refractivity contribution >= 4 is 22.7 Å². The maximum Gasteiger partial charge on any atom is 0.254 e. The van der Waals surface area contributed by atoms with Crippen LogP contribution in [0.4, 0.5) is 0 Å². The summed E-state index contributed by atoms with van der Waals surface area (Å²) in [6.07, 6.45) is 8.92. The minimum Gasteiger partial charge on any atom is -0.368 e. The van der Waals surface area contributed by atoms with E-state index in [1.807, 2.05) is 6.07 Å². The van der Waals surface area contributed by atoms with Gasteiger partial charge in [-0.25, -0.2) is 0 Å². The first-order valence-electron chi connectivity index (χ1n) is 8.64. The fourth-order valence-electron chi connectivity index (χ4n) is 3.51. The second kappa shape index (κ2) is 7.47. The smallest absolute Gasteiger partial charge is 0.254 e. The van der Waals surface area contributed by atoms with Crippen molar-refractivity contribution in [1.29, 1.82) is 0 Å². The Kier molecular flexibility index (Phi) is 5.13. The van der Waals surface area contributed by atoms with Crippen molar-refractivity contribution in [3.8, 4) is 0 Å². The molecule has 1 aliphatic carbocycles. The van der Waals surface area contributed by atoms with Gasteiger partial charge in [-0.15, -0.1) is 0 Å². The van der Waals surface area contributed by atoms with Gasteiger partial charge in [-0.3, -0.25) is 14.7 Å². The van der Waals surface area contributed by atoms with E-state index in [-0.39, 0.29) is 12.5 Å². The lowest BCUT2D eigenvalue weighted by molar-refractivity contribution is -0.118. The third-order valence-electron chi connectivity index (χ3n) is 4.85. The molecule has 3 N–H and O–H groups in total. The van der Waals surface area contributed by atoms with E-state index in [9.17, 15) is 9.59 Å². The highest BCUT2D eigenvalue weighted by Gasteiger charge is 2.21. The molecule has 24 heavy (non-hydrogen) atoms. The van der Waals surface area contributed by atoms with Crippen molar-refractivity contribution in [3.63, 3.8) is 0 Å². The number of rotatable bonds is 6. The molecular weight excluding hydrogens is 304 g/mol. The summed E-state index contributed by atoms with van der Waals surface area (Å²) in [7, 11) is 0. The number of nitrogens with one attached hydrogen (secondary N) is 1. The van der Waals surface area contributed by atoms with Crippen molar-refractivity contribution in [2.24, 2.45) is 11.7 Å². The molecule has 1 heterocycles. The number of hydrogen-bond acceptors (Lipinski definition) is 3. The minimum atomic E-state index is -0.476. The average molecular weight is 328 g/mol. The van der Waals surface area contributed by atoms with Gasteiger partial charge < -0.3 is 10.6 Å². The Hall–Kier alpha value is -2.37. The standard InChI is InChI=1S/C18H24N4O2/c19-17(23)12-22(9-8-13-4-2-1-3-5-13)18(24)14-6-7-16-15(10-14)11-20-21-16/h6-7,10-11,13H,1-5,8-9,12H2,(H2,19,23)(H,20,21). The molecule has 0 spiro atoms. The highest BCUT2D eigenvalue weighted by Crippen LogP contribution is 2.26. The first-order valence-corrected chi connectivity index (χ1v) is 8.64. The number of fused-ring (bicyclic) bond motifs is 1. The number of primary amides is 1. The summed E-state index contributed by atoms with van der Waals surface area (Å²) < 4.78 is 0. The number of benzene rings is 1. The number of nitrogens with zero attached hydrogens (tertiary/aromatic N) is 2. The molecule has 0 unspecified atom stereocenters. The summed E-state index contributed by atoms with van der Waals surface area (Å²) in [5, 5.41) is 7.72. The monoisotopic (exact) mass is 328 g/mol. The Morgan fingerprint density at radius 1 is 1.25 bits per heavy atom. The fourth-order valence-corrected chi connectivity index (χ4v) is 3.51. The van der Waals surface area contributed by atoms with Gasteiger partial charge in [0.05, 0.1) is 18.3 Å². The van der Waals surface area contributed by atoms with Gasteiger partial charge in [0.25, 0.3) is 5.91 Å². The van der Waals surface area contributed by atoms with Gasteiger partial charge in [0, 0.05) is 17.5 Å². The first-order chi connectivity index (χ1) is 11.6. The molecule has 2 amide bonds. The summed E-state index contributed by atoms with van der Waals surface area (Å²) in [6.45, 7) is 0.546. The Bertz CT molecular complexity index is 719. The van der Waals surface area contributed by atoms with Gasteiger partial charge in [-0.05, 0) is 30.5 Å². The molecule has 3 rings (SSSR count). The van der Waals surface area contributed by atoms with E-state index < -0.39 is 5.91 Å². The van der Waals surface area contributed by atoms with E-state index in [0.29, 0.717) is 18.0 Å². The molecule has 128 valence electrons. The van der Waals surface area contributed by atoms with Crippen LogP contribution in [-0.2, 0) is 4.79 Å². The summed E-state index contributed by atoms with van der Waals surface area (Å²) in [5.41, 5.74) is 6.79. The number of amides is 2. The Morgan fingerprint density at radius 2 is 2.04 bits per heavy atom. The molecule has 2 aromatic rings. The Morgan fingerprint density at radius 3 is 2.79 bits per heavy atom. The van der Waals surface area contributed by atoms with E-state index in [0.717, 1.165) is 17.3 Å². The van der Waals surface area contributed by atoms with Gasteiger partial charge in [0.15, 0.2) is 0 Å². The summed E-state index contributed by atoms with van der Waals surface area (Å²) >= 11 is 0. The van der Waals surface area contributed by atoms with Crippen LogP contribution in [0.5, 0.6) is 0 Å². The lowest BCUT2D eigenvalue weighted by Gasteiger charge is -2.26. The number of aromatic nitrogens is 2. The average Bonchev–Trinajstić information content (AvgIpc) is 3.06. The molecule has 0 radical (unpaired) electrons. The predicted octanol–water partition coefficient (Wildman–Crippen LogP) is 2.46. The quantitative estimate of drug-likeness (QED) is 0.853. The van der Waals surface area contributed by atoms with Gasteiger partial charge in [0.2, 0.25) is 5.91 Å². The van der Waals surface area contributed by atoms with Gasteiger partial charge in [0.1, 0.15) is 0 Å². The molecule has 1 aromatic heterocycles. The molecule has 0 atom stereocenters. The molecule has 1 fully saturated rings. The summed E-state index contributed by atoms with van der Waals surface area (Å²) in [6, 6.07) is 5.40. The van der Waals surface area contributed by atoms with Crippen molar-refractivity contribution in [3.05, 3.63) is 30.0 Å². The normalized spacial score (nSPS) is 15.5. The number of carbonyl (C=O) groups is 2. The number of aromatic amines is 1. The fraction of sp³-hybridized carbons (Fsp3) is 0.500. The van der Waals surface area contributed by atoms with Crippen LogP contribution in [0, 0.1) is 5.92 Å². The second-order valence-corrected chi connectivity index (χ2v) is 6.66. The highest BCUT2D eigenvalue weighted by atomic mass is 16.2. The van der Waals surface area contributed by atoms with Crippen LogP contribution in [0.25, 0.3) is 10.9 Å². The van der Waals surface area contributed by atoms with Crippen LogP contribution in [-0.4, -0.2) is 40.0 Å². The van der Waals surface area contributed by atoms with Crippen LogP contribution in [0.1, 0.15) is 48.9 Å². The van der Waals surface area contributed by atoms with Crippen LogP contribution in [0.2, 0.25) is 0 Å². The van der Waals surface area contributed by atoms with Crippen molar-refractivity contribution in [2.45, 2.75) is 38.5 Å². The number of H-pyrrole nitrogens is 1. The molecule has 6 nitrogen and oxygen atoms in total. The van der Waals surface area contributed by atoms with E-state index in [1.54, 1.807) is 23.2 Å². The lowest BCUT2D eigenvalue weighted by Crippen LogP contribution is -2.39. The summed E-state index contributed by atoms with van der Waals surface area (Å²) in [4.78, 5) is 25.8. The summed E-state index contributed by atoms with van der Waals surface area (Å²) in [5.74, 6) is 0.0300.